The number of esters is 1. The first-order valence-corrected chi connectivity index (χ1v) is 6.34. The van der Waals surface area contributed by atoms with Gasteiger partial charge in [-0.3, -0.25) is 4.79 Å². The quantitative estimate of drug-likeness (QED) is 0.681. The van der Waals surface area contributed by atoms with Gasteiger partial charge in [0.2, 0.25) is 0 Å². The molecule has 0 radical (unpaired) electrons. The number of methoxy groups -OCH3 is 1. The molecule has 1 atom stereocenters. The minimum absolute atomic E-state index is 0.258. The standard InChI is InChI=1S/C12H14Cl3NO2/c1-12(2,11(17)18-3)10(16)8-6(13)4-5-7(14)9(8)15/h4-5,10H,16H2,1-3H3/t10-/m0/s1. The maximum Gasteiger partial charge on any atom is 0.313 e. The van der Waals surface area contributed by atoms with Gasteiger partial charge in [0, 0.05) is 16.6 Å². The van der Waals surface area contributed by atoms with E-state index in [1.165, 1.54) is 7.11 Å². The molecule has 0 unspecified atom stereocenters. The topological polar surface area (TPSA) is 52.3 Å². The van der Waals surface area contributed by atoms with Crippen LogP contribution in [0, 0.1) is 5.41 Å². The molecule has 0 aliphatic rings. The van der Waals surface area contributed by atoms with Crippen molar-refractivity contribution in [1.29, 1.82) is 0 Å². The zero-order valence-electron chi connectivity index (χ0n) is 10.3. The Balaban J connectivity index is 3.31. The normalized spacial score (nSPS) is 13.3. The summed E-state index contributed by atoms with van der Waals surface area (Å²) in [5.41, 5.74) is 5.57. The predicted octanol–water partition coefficient (Wildman–Crippen LogP) is 3.85. The molecule has 0 spiro atoms. The van der Waals surface area contributed by atoms with Crippen molar-refractivity contribution in [3.05, 3.63) is 32.8 Å². The van der Waals surface area contributed by atoms with Gasteiger partial charge < -0.3 is 10.5 Å². The average molecular weight is 311 g/mol. The number of hydrogen-bond donors (Lipinski definition) is 1. The second kappa shape index (κ2) is 5.66. The molecule has 3 nitrogen and oxygen atoms in total. The fraction of sp³-hybridized carbons (Fsp3) is 0.417. The molecular formula is C12H14Cl3NO2. The van der Waals surface area contributed by atoms with Crippen molar-refractivity contribution in [2.24, 2.45) is 11.1 Å². The molecule has 2 N–H and O–H groups in total. The number of ether oxygens (including phenoxy) is 1. The molecule has 0 heterocycles. The van der Waals surface area contributed by atoms with Crippen LogP contribution >= 0.6 is 34.8 Å². The van der Waals surface area contributed by atoms with E-state index < -0.39 is 17.4 Å². The van der Waals surface area contributed by atoms with Crippen LogP contribution in [0.1, 0.15) is 25.5 Å². The number of hydrogen-bond acceptors (Lipinski definition) is 3. The zero-order chi connectivity index (χ0) is 14.1. The Bertz CT molecular complexity index is 475. The number of carbonyl (C=O) groups is 1. The summed E-state index contributed by atoms with van der Waals surface area (Å²) in [6.07, 6.45) is 0. The smallest absolute Gasteiger partial charge is 0.313 e. The molecule has 100 valence electrons. The molecule has 1 aromatic carbocycles. The average Bonchev–Trinajstić information content (AvgIpc) is 2.33. The largest absolute Gasteiger partial charge is 0.469 e. The SMILES string of the molecule is COC(=O)C(C)(C)[C@@H](N)c1c(Cl)ccc(Cl)c1Cl. The lowest BCUT2D eigenvalue weighted by Crippen LogP contribution is -2.37. The van der Waals surface area contributed by atoms with E-state index in [9.17, 15) is 4.79 Å². The summed E-state index contributed by atoms with van der Waals surface area (Å²) in [7, 11) is 1.30. The van der Waals surface area contributed by atoms with Gasteiger partial charge in [-0.15, -0.1) is 0 Å². The van der Waals surface area contributed by atoms with E-state index in [1.807, 2.05) is 0 Å². The molecule has 0 aromatic heterocycles. The first-order chi connectivity index (χ1) is 8.23. The fourth-order valence-corrected chi connectivity index (χ4v) is 2.35. The van der Waals surface area contributed by atoms with E-state index in [0.717, 1.165) is 0 Å². The molecule has 0 amide bonds. The molecule has 1 rings (SSSR count). The summed E-state index contributed by atoms with van der Waals surface area (Å²) in [5, 5.41) is 0.967. The van der Waals surface area contributed by atoms with Gasteiger partial charge in [-0.2, -0.15) is 0 Å². The predicted molar refractivity (Wildman–Crippen MR) is 74.2 cm³/mol. The Kier molecular flexibility index (Phi) is 4.90. The van der Waals surface area contributed by atoms with Gasteiger partial charge in [0.25, 0.3) is 0 Å². The number of carbonyl (C=O) groups excluding carboxylic acids is 1. The van der Waals surface area contributed by atoms with Crippen molar-refractivity contribution < 1.29 is 9.53 Å². The molecular weight excluding hydrogens is 296 g/mol. The lowest BCUT2D eigenvalue weighted by molar-refractivity contribution is -0.152. The van der Waals surface area contributed by atoms with Gasteiger partial charge in [0.15, 0.2) is 0 Å². The first-order valence-electron chi connectivity index (χ1n) is 5.20. The maximum atomic E-state index is 11.7. The number of nitrogens with two attached hydrogens (primary N) is 1. The summed E-state index contributed by atoms with van der Waals surface area (Å²) in [5.74, 6) is -0.442. The number of benzene rings is 1. The highest BCUT2D eigenvalue weighted by molar-refractivity contribution is 6.44. The Hall–Kier alpha value is -0.480. The third-order valence-corrected chi connectivity index (χ3v) is 4.03. The van der Waals surface area contributed by atoms with Crippen molar-refractivity contribution in [2.45, 2.75) is 19.9 Å². The number of halogens is 3. The molecule has 0 fully saturated rings. The highest BCUT2D eigenvalue weighted by Crippen LogP contribution is 2.42. The lowest BCUT2D eigenvalue weighted by atomic mass is 9.81. The van der Waals surface area contributed by atoms with Crippen LogP contribution in [0.5, 0.6) is 0 Å². The lowest BCUT2D eigenvalue weighted by Gasteiger charge is -2.30. The Labute approximate surface area is 121 Å². The summed E-state index contributed by atoms with van der Waals surface area (Å²) in [6.45, 7) is 3.33. The van der Waals surface area contributed by atoms with E-state index in [0.29, 0.717) is 15.6 Å². The van der Waals surface area contributed by atoms with Crippen LogP contribution < -0.4 is 5.73 Å². The Morgan fingerprint density at radius 3 is 2.28 bits per heavy atom. The van der Waals surface area contributed by atoms with E-state index in [-0.39, 0.29) is 5.02 Å². The summed E-state index contributed by atoms with van der Waals surface area (Å²) in [6, 6.07) is 2.45. The van der Waals surface area contributed by atoms with Crippen LogP contribution in [-0.2, 0) is 9.53 Å². The maximum absolute atomic E-state index is 11.7. The highest BCUT2D eigenvalue weighted by atomic mass is 35.5. The van der Waals surface area contributed by atoms with Crippen molar-refractivity contribution in [3.63, 3.8) is 0 Å². The molecule has 6 heteroatoms. The van der Waals surface area contributed by atoms with Crippen molar-refractivity contribution in [2.75, 3.05) is 7.11 Å². The fourth-order valence-electron chi connectivity index (χ4n) is 1.58. The second-order valence-electron chi connectivity index (χ2n) is 4.45. The van der Waals surface area contributed by atoms with Gasteiger partial charge >= 0.3 is 5.97 Å². The molecule has 0 bridgehead atoms. The molecule has 0 aliphatic heterocycles. The van der Waals surface area contributed by atoms with Gasteiger partial charge in [0.05, 0.1) is 22.6 Å². The van der Waals surface area contributed by atoms with Crippen molar-refractivity contribution in [1.82, 2.24) is 0 Å². The van der Waals surface area contributed by atoms with Crippen LogP contribution in [0.3, 0.4) is 0 Å². The summed E-state index contributed by atoms with van der Waals surface area (Å²) < 4.78 is 4.73. The van der Waals surface area contributed by atoms with Gasteiger partial charge in [0.1, 0.15) is 0 Å². The third-order valence-electron chi connectivity index (χ3n) is 2.88. The Morgan fingerprint density at radius 1 is 1.28 bits per heavy atom. The van der Waals surface area contributed by atoms with Gasteiger partial charge in [-0.25, -0.2) is 0 Å². The molecule has 1 aromatic rings. The third kappa shape index (κ3) is 2.75. The first kappa shape index (κ1) is 15.6. The Morgan fingerprint density at radius 2 is 1.78 bits per heavy atom. The van der Waals surface area contributed by atoms with E-state index in [1.54, 1.807) is 26.0 Å². The molecule has 0 saturated heterocycles. The van der Waals surface area contributed by atoms with E-state index >= 15 is 0 Å². The van der Waals surface area contributed by atoms with Crippen LogP contribution in [-0.4, -0.2) is 13.1 Å². The zero-order valence-corrected chi connectivity index (χ0v) is 12.5. The monoisotopic (exact) mass is 309 g/mol. The highest BCUT2D eigenvalue weighted by Gasteiger charge is 2.38. The van der Waals surface area contributed by atoms with Crippen LogP contribution in [0.4, 0.5) is 0 Å². The van der Waals surface area contributed by atoms with Gasteiger partial charge in [-0.1, -0.05) is 34.8 Å². The minimum atomic E-state index is -0.966. The number of rotatable bonds is 3. The summed E-state index contributed by atoms with van der Waals surface area (Å²) in [4.78, 5) is 11.7. The minimum Gasteiger partial charge on any atom is -0.469 e. The van der Waals surface area contributed by atoms with Crippen molar-refractivity contribution in [3.8, 4) is 0 Å². The van der Waals surface area contributed by atoms with Crippen LogP contribution in [0.15, 0.2) is 12.1 Å². The summed E-state index contributed by atoms with van der Waals surface area (Å²) >= 11 is 18.1. The van der Waals surface area contributed by atoms with Crippen LogP contribution in [0.2, 0.25) is 15.1 Å². The molecule has 18 heavy (non-hydrogen) atoms. The molecule has 0 aliphatic carbocycles. The van der Waals surface area contributed by atoms with Gasteiger partial charge in [-0.05, 0) is 26.0 Å². The van der Waals surface area contributed by atoms with Crippen molar-refractivity contribution >= 4 is 40.8 Å². The molecule has 0 saturated carbocycles. The van der Waals surface area contributed by atoms with E-state index in [2.05, 4.69) is 0 Å². The second-order valence-corrected chi connectivity index (χ2v) is 5.64. The van der Waals surface area contributed by atoms with Crippen LogP contribution in [0.25, 0.3) is 0 Å². The van der Waals surface area contributed by atoms with E-state index in [4.69, 9.17) is 45.3 Å².